The standard InChI is InChI=1S/C19H21N5O2/c1-25-16-9-7-15(8-10-16)22-19-23-18(13-21-24-19)20-12-11-14-5-3-4-6-17(14)26-2/h3-10,13H,11-12H2,1-2H3,(H2,20,22,23,24). The molecule has 3 rings (SSSR count). The fourth-order valence-corrected chi connectivity index (χ4v) is 2.48. The van der Waals surface area contributed by atoms with Crippen molar-refractivity contribution in [2.75, 3.05) is 31.4 Å². The average Bonchev–Trinajstić information content (AvgIpc) is 2.69. The van der Waals surface area contributed by atoms with Crippen LogP contribution in [0.1, 0.15) is 5.56 Å². The minimum absolute atomic E-state index is 0.428. The summed E-state index contributed by atoms with van der Waals surface area (Å²) in [5, 5.41) is 14.4. The Hall–Kier alpha value is -3.35. The van der Waals surface area contributed by atoms with E-state index in [9.17, 15) is 0 Å². The van der Waals surface area contributed by atoms with Crippen LogP contribution in [0.5, 0.6) is 11.5 Å². The maximum atomic E-state index is 5.37. The van der Waals surface area contributed by atoms with Crippen LogP contribution in [0.15, 0.2) is 54.7 Å². The summed E-state index contributed by atoms with van der Waals surface area (Å²) in [7, 11) is 3.31. The summed E-state index contributed by atoms with van der Waals surface area (Å²) in [6, 6.07) is 15.5. The minimum atomic E-state index is 0.428. The molecule has 26 heavy (non-hydrogen) atoms. The van der Waals surface area contributed by atoms with E-state index in [4.69, 9.17) is 9.47 Å². The van der Waals surface area contributed by atoms with E-state index in [1.165, 1.54) is 0 Å². The second-order valence-corrected chi connectivity index (χ2v) is 5.51. The van der Waals surface area contributed by atoms with Gasteiger partial charge in [-0.15, -0.1) is 5.10 Å². The molecule has 7 heteroatoms. The highest BCUT2D eigenvalue weighted by Crippen LogP contribution is 2.19. The fourth-order valence-electron chi connectivity index (χ4n) is 2.48. The van der Waals surface area contributed by atoms with Crippen molar-refractivity contribution in [3.05, 3.63) is 60.3 Å². The fraction of sp³-hybridized carbons (Fsp3) is 0.211. The number of nitrogens with one attached hydrogen (secondary N) is 2. The van der Waals surface area contributed by atoms with Crippen LogP contribution in [0.4, 0.5) is 17.5 Å². The van der Waals surface area contributed by atoms with Crippen molar-refractivity contribution in [2.45, 2.75) is 6.42 Å². The highest BCUT2D eigenvalue weighted by Gasteiger charge is 2.04. The average molecular weight is 351 g/mol. The first kappa shape index (κ1) is 17.5. The van der Waals surface area contributed by atoms with E-state index >= 15 is 0 Å². The molecule has 2 aromatic carbocycles. The van der Waals surface area contributed by atoms with Gasteiger partial charge in [0, 0.05) is 12.2 Å². The number of para-hydroxylation sites is 1. The first-order valence-corrected chi connectivity index (χ1v) is 8.25. The molecule has 0 atom stereocenters. The van der Waals surface area contributed by atoms with Gasteiger partial charge in [0.2, 0.25) is 5.95 Å². The minimum Gasteiger partial charge on any atom is -0.497 e. The summed E-state index contributed by atoms with van der Waals surface area (Å²) in [6.45, 7) is 0.709. The lowest BCUT2D eigenvalue weighted by Crippen LogP contribution is -2.09. The van der Waals surface area contributed by atoms with Crippen LogP contribution in [-0.2, 0) is 6.42 Å². The van der Waals surface area contributed by atoms with Gasteiger partial charge in [-0.25, -0.2) is 0 Å². The predicted octanol–water partition coefficient (Wildman–Crippen LogP) is 3.29. The Bertz CT molecular complexity index is 839. The van der Waals surface area contributed by atoms with E-state index in [0.29, 0.717) is 18.3 Å². The first-order chi connectivity index (χ1) is 12.8. The van der Waals surface area contributed by atoms with Gasteiger partial charge in [-0.2, -0.15) is 10.1 Å². The predicted molar refractivity (Wildman–Crippen MR) is 101 cm³/mol. The zero-order chi connectivity index (χ0) is 18.2. The number of aromatic nitrogens is 3. The van der Waals surface area contributed by atoms with Gasteiger partial charge in [0.15, 0.2) is 5.82 Å². The molecule has 0 saturated heterocycles. The molecular weight excluding hydrogens is 330 g/mol. The Morgan fingerprint density at radius 3 is 2.54 bits per heavy atom. The number of rotatable bonds is 8. The molecule has 0 unspecified atom stereocenters. The highest BCUT2D eigenvalue weighted by atomic mass is 16.5. The Kier molecular flexibility index (Phi) is 5.82. The number of anilines is 3. The summed E-state index contributed by atoms with van der Waals surface area (Å²) in [6.07, 6.45) is 2.41. The number of methoxy groups -OCH3 is 2. The SMILES string of the molecule is COc1ccc(Nc2nncc(NCCc3ccccc3OC)n2)cc1. The van der Waals surface area contributed by atoms with Crippen LogP contribution >= 0.6 is 0 Å². The lowest BCUT2D eigenvalue weighted by Gasteiger charge is -2.10. The van der Waals surface area contributed by atoms with Crippen LogP contribution in [0, 0.1) is 0 Å². The first-order valence-electron chi connectivity index (χ1n) is 8.25. The van der Waals surface area contributed by atoms with Crippen molar-refractivity contribution in [1.29, 1.82) is 0 Å². The lowest BCUT2D eigenvalue weighted by atomic mass is 10.1. The summed E-state index contributed by atoms with van der Waals surface area (Å²) >= 11 is 0. The Morgan fingerprint density at radius 1 is 0.962 bits per heavy atom. The van der Waals surface area contributed by atoms with Crippen LogP contribution in [0.2, 0.25) is 0 Å². The normalized spacial score (nSPS) is 10.2. The Labute approximate surface area is 152 Å². The zero-order valence-corrected chi connectivity index (χ0v) is 14.8. The molecule has 1 aromatic heterocycles. The van der Waals surface area contributed by atoms with Gasteiger partial charge in [-0.3, -0.25) is 0 Å². The number of hydrogen-bond acceptors (Lipinski definition) is 7. The molecule has 0 saturated carbocycles. The van der Waals surface area contributed by atoms with E-state index in [0.717, 1.165) is 29.2 Å². The summed E-state index contributed by atoms with van der Waals surface area (Å²) < 4.78 is 10.5. The topological polar surface area (TPSA) is 81.2 Å². The molecule has 0 aliphatic heterocycles. The largest absolute Gasteiger partial charge is 0.497 e. The van der Waals surface area contributed by atoms with Crippen molar-refractivity contribution in [1.82, 2.24) is 15.2 Å². The molecule has 0 amide bonds. The third kappa shape index (κ3) is 4.60. The smallest absolute Gasteiger partial charge is 0.249 e. The van der Waals surface area contributed by atoms with Gasteiger partial charge in [0.05, 0.1) is 20.4 Å². The third-order valence-corrected chi connectivity index (χ3v) is 3.80. The van der Waals surface area contributed by atoms with Crippen LogP contribution < -0.4 is 20.1 Å². The second-order valence-electron chi connectivity index (χ2n) is 5.51. The molecule has 0 spiro atoms. The summed E-state index contributed by atoms with van der Waals surface area (Å²) in [5.74, 6) is 2.77. The quantitative estimate of drug-likeness (QED) is 0.644. The number of benzene rings is 2. The Morgan fingerprint density at radius 2 is 1.77 bits per heavy atom. The van der Waals surface area contributed by atoms with Gasteiger partial charge in [-0.1, -0.05) is 18.2 Å². The van der Waals surface area contributed by atoms with E-state index in [-0.39, 0.29) is 0 Å². The maximum absolute atomic E-state index is 5.37. The molecule has 134 valence electrons. The molecule has 1 heterocycles. The van der Waals surface area contributed by atoms with Crippen molar-refractivity contribution in [3.63, 3.8) is 0 Å². The Balaban J connectivity index is 1.58. The molecule has 7 nitrogen and oxygen atoms in total. The van der Waals surface area contributed by atoms with Crippen molar-refractivity contribution < 1.29 is 9.47 Å². The molecule has 0 fully saturated rings. The third-order valence-electron chi connectivity index (χ3n) is 3.80. The molecule has 3 aromatic rings. The molecule has 2 N–H and O–H groups in total. The van der Waals surface area contributed by atoms with Crippen LogP contribution in [-0.4, -0.2) is 35.9 Å². The highest BCUT2D eigenvalue weighted by molar-refractivity contribution is 5.55. The molecule has 0 aliphatic carbocycles. The van der Waals surface area contributed by atoms with E-state index < -0.39 is 0 Å². The summed E-state index contributed by atoms with van der Waals surface area (Å²) in [5.41, 5.74) is 2.00. The zero-order valence-electron chi connectivity index (χ0n) is 14.8. The number of ether oxygens (including phenoxy) is 2. The molecule has 0 aliphatic rings. The van der Waals surface area contributed by atoms with Gasteiger partial charge in [0.1, 0.15) is 11.5 Å². The van der Waals surface area contributed by atoms with Crippen molar-refractivity contribution in [2.24, 2.45) is 0 Å². The van der Waals surface area contributed by atoms with Gasteiger partial charge in [-0.05, 0) is 42.3 Å². The van der Waals surface area contributed by atoms with Crippen LogP contribution in [0.3, 0.4) is 0 Å². The van der Waals surface area contributed by atoms with Gasteiger partial charge >= 0.3 is 0 Å². The number of hydrogen-bond donors (Lipinski definition) is 2. The van der Waals surface area contributed by atoms with E-state index in [1.54, 1.807) is 20.4 Å². The van der Waals surface area contributed by atoms with Crippen molar-refractivity contribution >= 4 is 17.5 Å². The second kappa shape index (κ2) is 8.66. The lowest BCUT2D eigenvalue weighted by molar-refractivity contribution is 0.410. The molecular formula is C19H21N5O2. The van der Waals surface area contributed by atoms with Crippen LogP contribution in [0.25, 0.3) is 0 Å². The monoisotopic (exact) mass is 351 g/mol. The van der Waals surface area contributed by atoms with E-state index in [1.807, 2.05) is 42.5 Å². The van der Waals surface area contributed by atoms with Gasteiger partial charge in [0.25, 0.3) is 0 Å². The van der Waals surface area contributed by atoms with E-state index in [2.05, 4.69) is 31.9 Å². The maximum Gasteiger partial charge on any atom is 0.249 e. The number of nitrogens with zero attached hydrogens (tertiary/aromatic N) is 3. The van der Waals surface area contributed by atoms with Crippen molar-refractivity contribution in [3.8, 4) is 11.5 Å². The molecule has 0 radical (unpaired) electrons. The van der Waals surface area contributed by atoms with Gasteiger partial charge < -0.3 is 20.1 Å². The molecule has 0 bridgehead atoms. The summed E-state index contributed by atoms with van der Waals surface area (Å²) in [4.78, 5) is 4.43.